The van der Waals surface area contributed by atoms with Gasteiger partial charge in [-0.15, -0.1) is 24.0 Å². The van der Waals surface area contributed by atoms with Crippen LogP contribution in [0.1, 0.15) is 18.1 Å². The van der Waals surface area contributed by atoms with Crippen LogP contribution in [-0.4, -0.2) is 31.1 Å². The van der Waals surface area contributed by atoms with Crippen LogP contribution in [0.3, 0.4) is 0 Å². The number of rotatable bonds is 7. The first-order valence-corrected chi connectivity index (χ1v) is 9.11. The molecule has 28 heavy (non-hydrogen) atoms. The van der Waals surface area contributed by atoms with Gasteiger partial charge < -0.3 is 20.4 Å². The number of halogens is 2. The highest BCUT2D eigenvalue weighted by Gasteiger charge is 2.05. The molecule has 0 fully saturated rings. The highest BCUT2D eigenvalue weighted by atomic mass is 127. The minimum absolute atomic E-state index is 0. The van der Waals surface area contributed by atoms with Gasteiger partial charge in [-0.25, -0.2) is 4.39 Å². The lowest BCUT2D eigenvalue weighted by Crippen LogP contribution is -2.37. The molecule has 1 aromatic heterocycles. The van der Waals surface area contributed by atoms with Crippen LogP contribution in [0, 0.1) is 5.82 Å². The number of guanidine groups is 1. The first-order valence-electron chi connectivity index (χ1n) is 9.11. The summed E-state index contributed by atoms with van der Waals surface area (Å²) in [5.41, 5.74) is 3.10. The van der Waals surface area contributed by atoms with Crippen molar-refractivity contribution < 1.29 is 9.13 Å². The number of benzene rings is 2. The second-order valence-electron chi connectivity index (χ2n) is 6.19. The molecule has 0 unspecified atom stereocenters. The van der Waals surface area contributed by atoms with Crippen LogP contribution in [0.4, 0.5) is 4.39 Å². The first kappa shape index (κ1) is 22.0. The average Bonchev–Trinajstić information content (AvgIpc) is 3.07. The fourth-order valence-corrected chi connectivity index (χ4v) is 3.00. The molecule has 5 nitrogen and oxygen atoms in total. The van der Waals surface area contributed by atoms with Gasteiger partial charge in [0.1, 0.15) is 11.6 Å². The maximum Gasteiger partial charge on any atom is 0.191 e. The van der Waals surface area contributed by atoms with E-state index in [0.717, 1.165) is 46.7 Å². The van der Waals surface area contributed by atoms with Crippen LogP contribution in [0.2, 0.25) is 0 Å². The minimum Gasteiger partial charge on any atom is -0.494 e. The van der Waals surface area contributed by atoms with Crippen LogP contribution in [0.15, 0.2) is 53.7 Å². The highest BCUT2D eigenvalue weighted by molar-refractivity contribution is 14.0. The maximum atomic E-state index is 13.3. The van der Waals surface area contributed by atoms with Gasteiger partial charge in [0.2, 0.25) is 0 Å². The summed E-state index contributed by atoms with van der Waals surface area (Å²) in [4.78, 5) is 7.38. The van der Waals surface area contributed by atoms with Crippen molar-refractivity contribution in [2.45, 2.75) is 19.9 Å². The number of nitrogens with one attached hydrogen (secondary N) is 3. The van der Waals surface area contributed by atoms with Gasteiger partial charge in [0.15, 0.2) is 5.96 Å². The van der Waals surface area contributed by atoms with Crippen LogP contribution in [-0.2, 0) is 13.0 Å². The number of aromatic amines is 1. The number of hydrogen-bond acceptors (Lipinski definition) is 2. The molecule has 0 spiro atoms. The van der Waals surface area contributed by atoms with E-state index in [1.165, 1.54) is 12.1 Å². The summed E-state index contributed by atoms with van der Waals surface area (Å²) in [6.45, 7) is 4.01. The van der Waals surface area contributed by atoms with Crippen molar-refractivity contribution in [3.8, 4) is 5.75 Å². The van der Waals surface area contributed by atoms with Gasteiger partial charge in [0.25, 0.3) is 0 Å². The molecule has 2 aromatic carbocycles. The summed E-state index contributed by atoms with van der Waals surface area (Å²) in [5.74, 6) is 1.38. The molecule has 0 aliphatic heterocycles. The molecule has 0 bridgehead atoms. The van der Waals surface area contributed by atoms with Crippen LogP contribution in [0.25, 0.3) is 10.9 Å². The molecule has 150 valence electrons. The van der Waals surface area contributed by atoms with E-state index in [0.29, 0.717) is 13.2 Å². The Hall–Kier alpha value is -2.29. The molecule has 0 aliphatic carbocycles. The van der Waals surface area contributed by atoms with Crippen LogP contribution >= 0.6 is 24.0 Å². The van der Waals surface area contributed by atoms with Gasteiger partial charge in [-0.1, -0.05) is 12.1 Å². The van der Waals surface area contributed by atoms with Gasteiger partial charge in [-0.2, -0.15) is 0 Å². The molecular formula is C21H26FIN4O. The van der Waals surface area contributed by atoms with E-state index in [2.05, 4.69) is 20.6 Å². The Labute approximate surface area is 181 Å². The Morgan fingerprint density at radius 1 is 1.18 bits per heavy atom. The standard InChI is InChI=1S/C21H25FN4O.HI/c1-3-27-18-6-4-5-15(11-18)13-26-21(23-2)24-10-9-16-14-25-20-12-17(22)7-8-19(16)20;/h4-8,11-12,14,25H,3,9-10,13H2,1-2H3,(H2,23,24,26);1H. The Kier molecular flexibility index (Phi) is 8.56. The Balaban J connectivity index is 0.00000280. The largest absolute Gasteiger partial charge is 0.494 e. The van der Waals surface area contributed by atoms with Gasteiger partial charge >= 0.3 is 0 Å². The second-order valence-corrected chi connectivity index (χ2v) is 6.19. The number of nitrogens with zero attached hydrogens (tertiary/aromatic N) is 1. The third kappa shape index (κ3) is 5.85. The lowest BCUT2D eigenvalue weighted by molar-refractivity contribution is 0.340. The molecule has 0 saturated carbocycles. The molecule has 0 aliphatic rings. The molecule has 0 radical (unpaired) electrons. The number of hydrogen-bond donors (Lipinski definition) is 3. The minimum atomic E-state index is -0.230. The van der Waals surface area contributed by atoms with Crippen LogP contribution in [0.5, 0.6) is 5.75 Å². The third-order valence-electron chi connectivity index (χ3n) is 4.31. The van der Waals surface area contributed by atoms with E-state index in [4.69, 9.17) is 4.74 Å². The third-order valence-corrected chi connectivity index (χ3v) is 4.31. The van der Waals surface area contributed by atoms with Crippen molar-refractivity contribution >= 4 is 40.8 Å². The maximum absolute atomic E-state index is 13.3. The molecular weight excluding hydrogens is 470 g/mol. The van der Waals surface area contributed by atoms with Crippen molar-refractivity contribution in [3.63, 3.8) is 0 Å². The van der Waals surface area contributed by atoms with Crippen molar-refractivity contribution in [1.29, 1.82) is 0 Å². The molecule has 1 heterocycles. The topological polar surface area (TPSA) is 61.4 Å². The normalized spacial score (nSPS) is 11.2. The summed E-state index contributed by atoms with van der Waals surface area (Å²) in [6, 6.07) is 12.8. The van der Waals surface area contributed by atoms with E-state index in [1.807, 2.05) is 43.5 Å². The molecule has 3 N–H and O–H groups in total. The second kappa shape index (κ2) is 10.9. The summed E-state index contributed by atoms with van der Waals surface area (Å²) < 4.78 is 18.8. The Morgan fingerprint density at radius 2 is 2.04 bits per heavy atom. The first-order chi connectivity index (χ1) is 13.2. The summed E-state index contributed by atoms with van der Waals surface area (Å²) in [7, 11) is 1.75. The quantitative estimate of drug-likeness (QED) is 0.261. The lowest BCUT2D eigenvalue weighted by atomic mass is 10.1. The van der Waals surface area contributed by atoms with E-state index >= 15 is 0 Å². The zero-order chi connectivity index (χ0) is 19.1. The van der Waals surface area contributed by atoms with Crippen LogP contribution < -0.4 is 15.4 Å². The fraction of sp³-hybridized carbons (Fsp3) is 0.286. The van der Waals surface area contributed by atoms with Crippen molar-refractivity contribution in [2.24, 2.45) is 4.99 Å². The van der Waals surface area contributed by atoms with E-state index in [1.54, 1.807) is 7.05 Å². The smallest absolute Gasteiger partial charge is 0.191 e. The number of aromatic nitrogens is 1. The van der Waals surface area contributed by atoms with Crippen molar-refractivity contribution in [3.05, 3.63) is 65.6 Å². The van der Waals surface area contributed by atoms with Gasteiger partial charge in [-0.05, 0) is 54.8 Å². The molecule has 7 heteroatoms. The molecule has 0 saturated heterocycles. The van der Waals surface area contributed by atoms with Gasteiger partial charge in [-0.3, -0.25) is 4.99 Å². The van der Waals surface area contributed by atoms with Gasteiger partial charge in [0.05, 0.1) is 6.61 Å². The highest BCUT2D eigenvalue weighted by Crippen LogP contribution is 2.19. The lowest BCUT2D eigenvalue weighted by Gasteiger charge is -2.12. The van der Waals surface area contributed by atoms with E-state index < -0.39 is 0 Å². The summed E-state index contributed by atoms with van der Waals surface area (Å²) in [5, 5.41) is 7.67. The molecule has 0 atom stereocenters. The number of H-pyrrole nitrogens is 1. The average molecular weight is 496 g/mol. The van der Waals surface area contributed by atoms with Crippen molar-refractivity contribution in [2.75, 3.05) is 20.2 Å². The number of fused-ring (bicyclic) bond motifs is 1. The molecule has 0 amide bonds. The van der Waals surface area contributed by atoms with Crippen molar-refractivity contribution in [1.82, 2.24) is 15.6 Å². The zero-order valence-electron chi connectivity index (χ0n) is 16.1. The van der Waals surface area contributed by atoms with Gasteiger partial charge in [0, 0.05) is 37.2 Å². The Morgan fingerprint density at radius 3 is 2.82 bits per heavy atom. The number of ether oxygens (including phenoxy) is 1. The summed E-state index contributed by atoms with van der Waals surface area (Å²) >= 11 is 0. The van der Waals surface area contributed by atoms with E-state index in [-0.39, 0.29) is 29.8 Å². The Bertz CT molecular complexity index is 926. The monoisotopic (exact) mass is 496 g/mol. The predicted octanol–water partition coefficient (Wildman–Crippen LogP) is 4.23. The predicted molar refractivity (Wildman–Crippen MR) is 123 cm³/mol. The molecule has 3 aromatic rings. The summed E-state index contributed by atoms with van der Waals surface area (Å²) in [6.07, 6.45) is 2.74. The molecule has 3 rings (SSSR count). The SMILES string of the molecule is CCOc1cccc(CNC(=NC)NCCc2c[nH]c3cc(F)ccc23)c1.I. The zero-order valence-corrected chi connectivity index (χ0v) is 18.4. The fourth-order valence-electron chi connectivity index (χ4n) is 3.00. The number of aliphatic imine (C=N–C) groups is 1. The van der Waals surface area contributed by atoms with E-state index in [9.17, 15) is 4.39 Å².